The van der Waals surface area contributed by atoms with Crippen LogP contribution in [0.15, 0.2) is 47.6 Å². The summed E-state index contributed by atoms with van der Waals surface area (Å²) in [6.45, 7) is 1.87. The highest BCUT2D eigenvalue weighted by atomic mass is 35.5. The fourth-order valence-electron chi connectivity index (χ4n) is 1.49. The summed E-state index contributed by atoms with van der Waals surface area (Å²) in [4.78, 5) is 4.15. The molecule has 0 saturated heterocycles. The third-order valence-electron chi connectivity index (χ3n) is 2.47. The fraction of sp³-hybridized carbons (Fsp3) is 0.0714. The van der Waals surface area contributed by atoms with Gasteiger partial charge in [-0.2, -0.15) is 0 Å². The molecular weight excluding hydrogens is 303 g/mol. The number of benzene rings is 2. The first-order chi connectivity index (χ1) is 9.08. The van der Waals surface area contributed by atoms with Gasteiger partial charge in [0.1, 0.15) is 5.11 Å². The van der Waals surface area contributed by atoms with Gasteiger partial charge >= 0.3 is 5.71 Å². The molecule has 2 aromatic rings. The average molecular weight is 313 g/mol. The van der Waals surface area contributed by atoms with Gasteiger partial charge in [0.25, 0.3) is 0 Å². The van der Waals surface area contributed by atoms with Crippen molar-refractivity contribution in [2.45, 2.75) is 6.92 Å². The molecule has 19 heavy (non-hydrogen) atoms. The van der Waals surface area contributed by atoms with Gasteiger partial charge in [-0.05, 0) is 24.3 Å². The predicted molar refractivity (Wildman–Crippen MR) is 80.0 cm³/mol. The summed E-state index contributed by atoms with van der Waals surface area (Å²) in [6.07, 6.45) is 0. The summed E-state index contributed by atoms with van der Waals surface area (Å²) in [5, 5.41) is 5.31. The monoisotopic (exact) mass is 311 g/mol. The van der Waals surface area contributed by atoms with Crippen LogP contribution in [0.5, 0.6) is 0 Å². The highest BCUT2D eigenvalue weighted by Crippen LogP contribution is 2.35. The number of hydrogen-bond acceptors (Lipinski definition) is 1. The lowest BCUT2D eigenvalue weighted by Crippen LogP contribution is -1.94. The lowest BCUT2D eigenvalue weighted by molar-refractivity contribution is -0.0769. The standard InChI is InChI=1S/C14H10Cl3N2/c1-9(10-5-3-2-4-6-10)18-19-14-12(16)7-11(15)8-13(14)17/h2-8H,1H3/q+1. The maximum absolute atomic E-state index is 6.03. The molecular formula is C14H10Cl3N2+. The van der Waals surface area contributed by atoms with E-state index in [1.165, 1.54) is 0 Å². The molecule has 0 aliphatic rings. The average Bonchev–Trinajstić information content (AvgIpc) is 2.38. The number of rotatable bonds is 2. The van der Waals surface area contributed by atoms with Crippen molar-refractivity contribution in [1.82, 2.24) is 0 Å². The molecule has 0 bridgehead atoms. The minimum atomic E-state index is 0.377. The van der Waals surface area contributed by atoms with Gasteiger partial charge in [0, 0.05) is 11.9 Å². The number of halogens is 3. The topological polar surface area (TPSA) is 26.5 Å². The molecule has 0 N–H and O–H groups in total. The van der Waals surface area contributed by atoms with E-state index in [0.29, 0.717) is 20.8 Å². The van der Waals surface area contributed by atoms with Gasteiger partial charge in [0.15, 0.2) is 5.69 Å². The van der Waals surface area contributed by atoms with Gasteiger partial charge in [-0.1, -0.05) is 53.0 Å². The molecule has 96 valence electrons. The van der Waals surface area contributed by atoms with Gasteiger partial charge < -0.3 is 0 Å². The Kier molecular flexibility index (Phi) is 4.62. The quantitative estimate of drug-likeness (QED) is 0.400. The Morgan fingerprint density at radius 1 is 1.00 bits per heavy atom. The highest BCUT2D eigenvalue weighted by Gasteiger charge is 2.12. The van der Waals surface area contributed by atoms with E-state index < -0.39 is 0 Å². The minimum Gasteiger partial charge on any atom is -0.0842 e. The Bertz CT molecular complexity index is 637. The van der Waals surface area contributed by atoms with Crippen molar-refractivity contribution < 1.29 is 4.79 Å². The zero-order valence-electron chi connectivity index (χ0n) is 10.1. The van der Waals surface area contributed by atoms with Crippen LogP contribution in [0.4, 0.5) is 5.69 Å². The highest BCUT2D eigenvalue weighted by molar-refractivity contribution is 6.41. The van der Waals surface area contributed by atoms with Crippen LogP contribution in [0.1, 0.15) is 12.5 Å². The molecule has 0 aliphatic heterocycles. The van der Waals surface area contributed by atoms with Gasteiger partial charge in [0.2, 0.25) is 0 Å². The first kappa shape index (κ1) is 14.1. The molecule has 5 heteroatoms. The molecule has 2 nitrogen and oxygen atoms in total. The van der Waals surface area contributed by atoms with E-state index in [4.69, 9.17) is 34.8 Å². The fourth-order valence-corrected chi connectivity index (χ4v) is 2.38. The van der Waals surface area contributed by atoms with Crippen LogP contribution < -0.4 is 0 Å². The molecule has 0 fully saturated rings. The summed E-state index contributed by atoms with van der Waals surface area (Å²) in [7, 11) is 0. The van der Waals surface area contributed by atoms with Crippen LogP contribution in [0.2, 0.25) is 15.1 Å². The van der Waals surface area contributed by atoms with Gasteiger partial charge in [-0.15, -0.1) is 0 Å². The van der Waals surface area contributed by atoms with E-state index >= 15 is 0 Å². The summed E-state index contributed by atoms with van der Waals surface area (Å²) in [5.74, 6) is 0. The van der Waals surface area contributed by atoms with Crippen molar-refractivity contribution in [3.63, 3.8) is 0 Å². The largest absolute Gasteiger partial charge is 0.346 e. The zero-order chi connectivity index (χ0) is 13.8. The van der Waals surface area contributed by atoms with Crippen LogP contribution in [0, 0.1) is 0 Å². The second kappa shape index (κ2) is 6.23. The Morgan fingerprint density at radius 2 is 1.58 bits per heavy atom. The molecule has 0 radical (unpaired) electrons. The molecule has 0 spiro atoms. The van der Waals surface area contributed by atoms with Crippen molar-refractivity contribution in [3.05, 3.63) is 63.1 Å². The summed E-state index contributed by atoms with van der Waals surface area (Å²) >= 11 is 17.9. The Labute approximate surface area is 126 Å². The Morgan fingerprint density at radius 3 is 2.16 bits per heavy atom. The van der Waals surface area contributed by atoms with Crippen LogP contribution >= 0.6 is 34.8 Å². The molecule has 0 heterocycles. The van der Waals surface area contributed by atoms with E-state index in [2.05, 4.69) is 9.90 Å². The lowest BCUT2D eigenvalue weighted by Gasteiger charge is -1.96. The maximum atomic E-state index is 6.03. The van der Waals surface area contributed by atoms with Gasteiger partial charge in [-0.25, -0.2) is 0 Å². The van der Waals surface area contributed by atoms with E-state index in [9.17, 15) is 0 Å². The minimum absolute atomic E-state index is 0.377. The Balaban J connectivity index is 2.43. The number of nitrogens with zero attached hydrogens (tertiary/aromatic N) is 2. The van der Waals surface area contributed by atoms with Crippen LogP contribution in [0.25, 0.3) is 0 Å². The first-order valence-electron chi connectivity index (χ1n) is 5.53. The first-order valence-corrected chi connectivity index (χ1v) is 6.66. The zero-order valence-corrected chi connectivity index (χ0v) is 12.3. The van der Waals surface area contributed by atoms with Gasteiger partial charge in [-0.3, -0.25) is 0 Å². The normalized spacial score (nSPS) is 9.89. The van der Waals surface area contributed by atoms with E-state index in [1.807, 2.05) is 37.3 Å². The van der Waals surface area contributed by atoms with Crippen molar-refractivity contribution >= 4 is 46.2 Å². The molecule has 2 aromatic carbocycles. The third-order valence-corrected chi connectivity index (χ3v) is 3.27. The maximum Gasteiger partial charge on any atom is 0.346 e. The molecule has 2 rings (SSSR count). The van der Waals surface area contributed by atoms with E-state index in [1.54, 1.807) is 12.1 Å². The van der Waals surface area contributed by atoms with Crippen molar-refractivity contribution in [3.8, 4) is 0 Å². The molecule has 0 aliphatic carbocycles. The van der Waals surface area contributed by atoms with E-state index in [-0.39, 0.29) is 0 Å². The second-order valence-electron chi connectivity index (χ2n) is 3.87. The Hall–Kier alpha value is -1.31. The van der Waals surface area contributed by atoms with Crippen molar-refractivity contribution in [2.24, 2.45) is 5.11 Å². The van der Waals surface area contributed by atoms with Crippen molar-refractivity contribution in [2.75, 3.05) is 0 Å². The van der Waals surface area contributed by atoms with Crippen LogP contribution in [0.3, 0.4) is 0 Å². The van der Waals surface area contributed by atoms with Crippen LogP contribution in [-0.2, 0) is 0 Å². The predicted octanol–water partition coefficient (Wildman–Crippen LogP) is 5.45. The summed E-state index contributed by atoms with van der Waals surface area (Å²) in [5.41, 5.74) is 2.19. The SMILES string of the molecule is CC(=[N+]=Nc1c(Cl)cc(Cl)cc1Cl)c1ccccc1. The third kappa shape index (κ3) is 3.59. The number of hydrogen-bond donors (Lipinski definition) is 0. The van der Waals surface area contributed by atoms with Gasteiger partial charge in [0.05, 0.1) is 20.4 Å². The second-order valence-corrected chi connectivity index (χ2v) is 5.12. The molecule has 0 amide bonds. The van der Waals surface area contributed by atoms with E-state index in [0.717, 1.165) is 11.3 Å². The smallest absolute Gasteiger partial charge is 0.0842 e. The summed E-state index contributed by atoms with van der Waals surface area (Å²) < 4.78 is 0. The molecule has 0 aromatic heterocycles. The molecule has 0 unspecified atom stereocenters. The van der Waals surface area contributed by atoms with Crippen molar-refractivity contribution in [1.29, 1.82) is 0 Å². The summed E-state index contributed by atoms with van der Waals surface area (Å²) in [6, 6.07) is 12.9. The molecule has 0 atom stereocenters. The molecule has 0 saturated carbocycles. The van der Waals surface area contributed by atoms with Crippen LogP contribution in [-0.4, -0.2) is 10.5 Å². The lowest BCUT2D eigenvalue weighted by atomic mass is 10.1.